The van der Waals surface area contributed by atoms with Gasteiger partial charge in [0.1, 0.15) is 11.4 Å². The predicted molar refractivity (Wildman–Crippen MR) is 108 cm³/mol. The lowest BCUT2D eigenvalue weighted by atomic mass is 10.1. The number of amides is 1. The largest absolute Gasteiger partial charge is 0.497 e. The fraction of sp³-hybridized carbons (Fsp3) is 0.350. The van der Waals surface area contributed by atoms with Gasteiger partial charge in [-0.1, -0.05) is 12.1 Å². The number of nitro benzene ring substituents is 1. The molecule has 0 saturated carbocycles. The average Bonchev–Trinajstić information content (AvgIpc) is 2.70. The smallest absolute Gasteiger partial charge is 0.293 e. The van der Waals surface area contributed by atoms with Gasteiger partial charge in [0.2, 0.25) is 5.91 Å². The van der Waals surface area contributed by atoms with E-state index in [4.69, 9.17) is 4.74 Å². The monoisotopic (exact) mass is 384 g/mol. The first-order chi connectivity index (χ1) is 13.5. The Labute approximate surface area is 163 Å². The fourth-order valence-corrected chi connectivity index (χ4v) is 3.31. The predicted octanol–water partition coefficient (Wildman–Crippen LogP) is 2.67. The first-order valence-corrected chi connectivity index (χ1v) is 9.13. The van der Waals surface area contributed by atoms with Crippen LogP contribution in [0.5, 0.6) is 5.75 Å². The average molecular weight is 384 g/mol. The van der Waals surface area contributed by atoms with Crippen LogP contribution in [0.1, 0.15) is 5.56 Å². The van der Waals surface area contributed by atoms with Crippen LogP contribution in [0.2, 0.25) is 0 Å². The highest BCUT2D eigenvalue weighted by atomic mass is 16.6. The molecular weight excluding hydrogens is 360 g/mol. The molecule has 1 saturated heterocycles. The summed E-state index contributed by atoms with van der Waals surface area (Å²) < 4.78 is 5.18. The number of nitrogens with zero attached hydrogens (tertiary/aromatic N) is 3. The topological polar surface area (TPSA) is 88.0 Å². The highest BCUT2D eigenvalue weighted by molar-refractivity contribution is 5.95. The SMILES string of the molecule is COc1ccc(N2CCN(CC(=O)Nc3c(C)cccc3[N+](=O)[O-])CC2)cc1. The summed E-state index contributed by atoms with van der Waals surface area (Å²) in [7, 11) is 1.64. The van der Waals surface area contributed by atoms with Crippen LogP contribution in [-0.4, -0.2) is 55.6 Å². The Morgan fingerprint density at radius 2 is 1.82 bits per heavy atom. The van der Waals surface area contributed by atoms with E-state index >= 15 is 0 Å². The lowest BCUT2D eigenvalue weighted by molar-refractivity contribution is -0.384. The summed E-state index contributed by atoms with van der Waals surface area (Å²) in [5.41, 5.74) is 1.99. The van der Waals surface area contributed by atoms with E-state index in [1.54, 1.807) is 26.2 Å². The van der Waals surface area contributed by atoms with Crippen LogP contribution in [0.25, 0.3) is 0 Å². The Morgan fingerprint density at radius 3 is 2.43 bits per heavy atom. The molecule has 3 rings (SSSR count). The van der Waals surface area contributed by atoms with Gasteiger partial charge in [-0.25, -0.2) is 0 Å². The zero-order valence-corrected chi connectivity index (χ0v) is 16.1. The third-order valence-corrected chi connectivity index (χ3v) is 4.89. The van der Waals surface area contributed by atoms with Crippen molar-refractivity contribution in [1.82, 2.24) is 4.90 Å². The number of carbonyl (C=O) groups excluding carboxylic acids is 1. The molecule has 1 heterocycles. The molecule has 0 bridgehead atoms. The number of hydrogen-bond donors (Lipinski definition) is 1. The standard InChI is InChI=1S/C20H24N4O4/c1-15-4-3-5-18(24(26)27)20(15)21-19(25)14-22-10-12-23(13-11-22)16-6-8-17(28-2)9-7-16/h3-9H,10-14H2,1-2H3,(H,21,25). The molecule has 0 radical (unpaired) electrons. The fourth-order valence-electron chi connectivity index (χ4n) is 3.31. The van der Waals surface area contributed by atoms with E-state index in [0.717, 1.165) is 37.6 Å². The molecule has 2 aromatic rings. The molecule has 0 aliphatic carbocycles. The van der Waals surface area contributed by atoms with Gasteiger partial charge < -0.3 is 15.0 Å². The molecule has 1 amide bonds. The minimum Gasteiger partial charge on any atom is -0.497 e. The van der Waals surface area contributed by atoms with Gasteiger partial charge in [-0.3, -0.25) is 19.8 Å². The van der Waals surface area contributed by atoms with Crippen LogP contribution in [-0.2, 0) is 4.79 Å². The zero-order valence-electron chi connectivity index (χ0n) is 16.1. The van der Waals surface area contributed by atoms with E-state index in [0.29, 0.717) is 5.56 Å². The van der Waals surface area contributed by atoms with Crippen LogP contribution in [0.4, 0.5) is 17.1 Å². The van der Waals surface area contributed by atoms with Crippen molar-refractivity contribution in [3.05, 3.63) is 58.1 Å². The number of nitro groups is 1. The second-order valence-corrected chi connectivity index (χ2v) is 6.74. The summed E-state index contributed by atoms with van der Waals surface area (Å²) in [6.45, 7) is 5.07. The summed E-state index contributed by atoms with van der Waals surface area (Å²) >= 11 is 0. The highest BCUT2D eigenvalue weighted by Gasteiger charge is 2.22. The number of hydrogen-bond acceptors (Lipinski definition) is 6. The van der Waals surface area contributed by atoms with E-state index < -0.39 is 4.92 Å². The molecule has 2 aromatic carbocycles. The van der Waals surface area contributed by atoms with Crippen molar-refractivity contribution in [1.29, 1.82) is 0 Å². The molecule has 1 aliphatic rings. The Morgan fingerprint density at radius 1 is 1.14 bits per heavy atom. The number of carbonyl (C=O) groups is 1. The van der Waals surface area contributed by atoms with Crippen molar-refractivity contribution >= 4 is 23.0 Å². The maximum atomic E-state index is 12.4. The molecular formula is C20H24N4O4. The lowest BCUT2D eigenvalue weighted by Gasteiger charge is -2.35. The quantitative estimate of drug-likeness (QED) is 0.609. The van der Waals surface area contributed by atoms with Gasteiger partial charge >= 0.3 is 0 Å². The number of benzene rings is 2. The van der Waals surface area contributed by atoms with E-state index in [9.17, 15) is 14.9 Å². The van der Waals surface area contributed by atoms with Gasteiger partial charge in [-0.15, -0.1) is 0 Å². The molecule has 0 aromatic heterocycles. The number of piperazine rings is 1. The van der Waals surface area contributed by atoms with Crippen molar-refractivity contribution in [2.24, 2.45) is 0 Å². The van der Waals surface area contributed by atoms with Gasteiger partial charge in [-0.05, 0) is 36.8 Å². The minimum atomic E-state index is -0.476. The van der Waals surface area contributed by atoms with Crippen LogP contribution < -0.4 is 15.0 Å². The first kappa shape index (κ1) is 19.6. The maximum absolute atomic E-state index is 12.4. The summed E-state index contributed by atoms with van der Waals surface area (Å²) in [4.78, 5) is 27.5. The Balaban J connectivity index is 1.55. The number of para-hydroxylation sites is 1. The van der Waals surface area contributed by atoms with Crippen molar-refractivity contribution in [3.63, 3.8) is 0 Å². The molecule has 1 N–H and O–H groups in total. The molecule has 8 heteroatoms. The molecule has 28 heavy (non-hydrogen) atoms. The van der Waals surface area contributed by atoms with Gasteiger partial charge in [0.05, 0.1) is 18.6 Å². The van der Waals surface area contributed by atoms with Crippen molar-refractivity contribution in [3.8, 4) is 5.75 Å². The van der Waals surface area contributed by atoms with Gasteiger partial charge in [-0.2, -0.15) is 0 Å². The molecule has 8 nitrogen and oxygen atoms in total. The third kappa shape index (κ3) is 4.58. The molecule has 0 spiro atoms. The Kier molecular flexibility index (Phi) is 6.10. The molecule has 0 unspecified atom stereocenters. The third-order valence-electron chi connectivity index (χ3n) is 4.89. The number of aryl methyl sites for hydroxylation is 1. The van der Waals surface area contributed by atoms with Gasteiger partial charge in [0.15, 0.2) is 0 Å². The number of anilines is 2. The van der Waals surface area contributed by atoms with Crippen LogP contribution in [0, 0.1) is 17.0 Å². The molecule has 0 atom stereocenters. The minimum absolute atomic E-state index is 0.0855. The second-order valence-electron chi connectivity index (χ2n) is 6.74. The number of methoxy groups -OCH3 is 1. The summed E-state index contributed by atoms with van der Waals surface area (Å²) in [6.07, 6.45) is 0. The van der Waals surface area contributed by atoms with Crippen molar-refractivity contribution in [2.45, 2.75) is 6.92 Å². The Bertz CT molecular complexity index is 846. The normalized spacial score (nSPS) is 14.6. The first-order valence-electron chi connectivity index (χ1n) is 9.13. The second kappa shape index (κ2) is 8.71. The van der Waals surface area contributed by atoms with Crippen molar-refractivity contribution in [2.75, 3.05) is 50.1 Å². The maximum Gasteiger partial charge on any atom is 0.293 e. The van der Waals surface area contributed by atoms with E-state index in [1.165, 1.54) is 6.07 Å². The van der Waals surface area contributed by atoms with Crippen LogP contribution >= 0.6 is 0 Å². The zero-order chi connectivity index (χ0) is 20.1. The number of nitrogens with one attached hydrogen (secondary N) is 1. The Hall–Kier alpha value is -3.13. The van der Waals surface area contributed by atoms with Crippen LogP contribution in [0.3, 0.4) is 0 Å². The van der Waals surface area contributed by atoms with Crippen LogP contribution in [0.15, 0.2) is 42.5 Å². The number of ether oxygens (including phenoxy) is 1. The lowest BCUT2D eigenvalue weighted by Crippen LogP contribution is -2.48. The van der Waals surface area contributed by atoms with E-state index in [-0.39, 0.29) is 23.8 Å². The molecule has 1 aliphatic heterocycles. The molecule has 1 fully saturated rings. The summed E-state index contributed by atoms with van der Waals surface area (Å²) in [5.74, 6) is 0.583. The van der Waals surface area contributed by atoms with E-state index in [2.05, 4.69) is 15.1 Å². The van der Waals surface area contributed by atoms with Gasteiger partial charge in [0, 0.05) is 37.9 Å². The summed E-state index contributed by atoms with van der Waals surface area (Å²) in [6, 6.07) is 12.7. The summed E-state index contributed by atoms with van der Waals surface area (Å²) in [5, 5.41) is 13.9. The molecule has 148 valence electrons. The van der Waals surface area contributed by atoms with Crippen molar-refractivity contribution < 1.29 is 14.5 Å². The van der Waals surface area contributed by atoms with E-state index in [1.807, 2.05) is 24.3 Å². The highest BCUT2D eigenvalue weighted by Crippen LogP contribution is 2.27. The van der Waals surface area contributed by atoms with Gasteiger partial charge in [0.25, 0.3) is 5.69 Å². The number of rotatable bonds is 6.